The fraction of sp³-hybridized carbons (Fsp3) is 0.742. The van der Waals surface area contributed by atoms with Crippen LogP contribution < -0.4 is 21.1 Å². The van der Waals surface area contributed by atoms with E-state index >= 15 is 0 Å². The summed E-state index contributed by atoms with van der Waals surface area (Å²) in [6, 6.07) is 6.88. The monoisotopic (exact) mass is 562 g/mol. The molecule has 4 atom stereocenters. The van der Waals surface area contributed by atoms with Crippen LogP contribution in [-0.4, -0.2) is 87.0 Å². The average molecular weight is 563 g/mol. The van der Waals surface area contributed by atoms with Crippen molar-refractivity contribution in [1.82, 2.24) is 15.5 Å². The summed E-state index contributed by atoms with van der Waals surface area (Å²) in [6.45, 7) is 10.8. The molecule has 0 bridgehead atoms. The molecule has 0 spiro atoms. The lowest BCUT2D eigenvalue weighted by Gasteiger charge is -2.42. The number of nitrogens with two attached hydrogens (primary N) is 1. The van der Waals surface area contributed by atoms with E-state index in [-0.39, 0.29) is 36.2 Å². The summed E-state index contributed by atoms with van der Waals surface area (Å²) in [5.74, 6) is 0.586. The van der Waals surface area contributed by atoms with Crippen molar-refractivity contribution in [2.45, 2.75) is 84.4 Å². The van der Waals surface area contributed by atoms with Gasteiger partial charge in [-0.3, -0.25) is 9.59 Å². The first-order chi connectivity index (χ1) is 19.0. The number of hydrogen-bond donors (Lipinski definition) is 4. The number of piperidine rings is 1. The van der Waals surface area contributed by atoms with Gasteiger partial charge in [-0.1, -0.05) is 32.4 Å². The van der Waals surface area contributed by atoms with Crippen LogP contribution in [-0.2, 0) is 9.53 Å². The molecule has 9 nitrogen and oxygen atoms in total. The molecule has 0 radical (unpaired) electrons. The number of carbonyl (C=O) groups excluding carboxylic acids is 2. The molecule has 2 amide bonds. The van der Waals surface area contributed by atoms with E-state index in [0.717, 1.165) is 38.6 Å². The van der Waals surface area contributed by atoms with Gasteiger partial charge in [0.25, 0.3) is 5.91 Å². The molecule has 1 aromatic carbocycles. The zero-order chi connectivity index (χ0) is 29.7. The number of methoxy groups -OCH3 is 1. The van der Waals surface area contributed by atoms with Gasteiger partial charge in [0.15, 0.2) is 0 Å². The van der Waals surface area contributed by atoms with Crippen LogP contribution >= 0.6 is 0 Å². The van der Waals surface area contributed by atoms with Crippen LogP contribution in [0.2, 0.25) is 0 Å². The Balaban J connectivity index is 1.87. The molecule has 0 aromatic heterocycles. The Morgan fingerprint density at radius 1 is 1.12 bits per heavy atom. The minimum Gasteiger partial charge on any atom is -0.493 e. The van der Waals surface area contributed by atoms with Crippen molar-refractivity contribution < 1.29 is 24.2 Å². The van der Waals surface area contributed by atoms with Gasteiger partial charge in [-0.25, -0.2) is 0 Å². The quantitative estimate of drug-likeness (QED) is 0.215. The van der Waals surface area contributed by atoms with Crippen molar-refractivity contribution >= 4 is 11.8 Å². The second-order valence-electron chi connectivity index (χ2n) is 12.1. The maximum atomic E-state index is 13.1. The topological polar surface area (TPSA) is 126 Å². The van der Waals surface area contributed by atoms with E-state index in [4.69, 9.17) is 15.2 Å². The number of unbranched alkanes of at least 4 members (excludes halogenated alkanes) is 1. The van der Waals surface area contributed by atoms with Gasteiger partial charge in [-0.05, 0) is 83.5 Å². The van der Waals surface area contributed by atoms with Crippen LogP contribution in [0, 0.1) is 17.3 Å². The van der Waals surface area contributed by atoms with E-state index in [0.29, 0.717) is 37.5 Å². The van der Waals surface area contributed by atoms with Crippen LogP contribution in [0.4, 0.5) is 0 Å². The second kappa shape index (κ2) is 16.9. The van der Waals surface area contributed by atoms with Crippen molar-refractivity contribution in [1.29, 1.82) is 0 Å². The van der Waals surface area contributed by atoms with Crippen molar-refractivity contribution in [2.75, 3.05) is 47.0 Å². The minimum atomic E-state index is -0.881. The van der Waals surface area contributed by atoms with Crippen LogP contribution in [0.1, 0.15) is 76.6 Å². The maximum absolute atomic E-state index is 13.1. The van der Waals surface area contributed by atoms with Gasteiger partial charge in [0.1, 0.15) is 5.75 Å². The largest absolute Gasteiger partial charge is 0.493 e. The molecule has 0 aliphatic carbocycles. The Bertz CT molecular complexity index is 909. The SMILES string of the molecule is COCCCCOc1ccccc1C(=O)NC[C@@H](C[C@H](N)[C@@H](O)CNC(=O)C(C)(C)C1CCCCN1C)C(C)C. The number of likely N-dealkylation sites (tertiary alicyclic amines) is 1. The number of amides is 2. The molecule has 2 rings (SSSR count). The van der Waals surface area contributed by atoms with Crippen LogP contribution in [0.5, 0.6) is 5.75 Å². The molecule has 0 saturated carbocycles. The standard InChI is InChI=1S/C31H54N4O5/c1-22(2)23(20-33-29(37)24-13-7-8-14-27(24)40-18-12-11-17-39-6)19-25(32)26(36)21-34-30(38)31(3,4)28-15-9-10-16-35(28)5/h7-8,13-14,22-23,25-26,28,36H,9-12,15-21,32H2,1-6H3,(H,33,37)(H,34,38)/t23-,25+,26+,28?/m1/s1. The smallest absolute Gasteiger partial charge is 0.255 e. The highest BCUT2D eigenvalue weighted by Gasteiger charge is 2.40. The first kappa shape index (κ1) is 34.0. The number of rotatable bonds is 17. The zero-order valence-electron chi connectivity index (χ0n) is 25.6. The molecule has 1 aromatic rings. The van der Waals surface area contributed by atoms with Crippen molar-refractivity contribution in [3.05, 3.63) is 29.8 Å². The maximum Gasteiger partial charge on any atom is 0.255 e. The molecule has 5 N–H and O–H groups in total. The lowest BCUT2D eigenvalue weighted by atomic mass is 9.78. The third-order valence-corrected chi connectivity index (χ3v) is 8.33. The van der Waals surface area contributed by atoms with Gasteiger partial charge in [-0.2, -0.15) is 0 Å². The van der Waals surface area contributed by atoms with E-state index in [1.54, 1.807) is 19.2 Å². The lowest BCUT2D eigenvalue weighted by Crippen LogP contribution is -2.55. The molecule has 9 heteroatoms. The molecule has 228 valence electrons. The van der Waals surface area contributed by atoms with Gasteiger partial charge < -0.3 is 35.8 Å². The first-order valence-corrected chi connectivity index (χ1v) is 14.9. The average Bonchev–Trinajstić information content (AvgIpc) is 2.93. The van der Waals surface area contributed by atoms with Gasteiger partial charge in [0.2, 0.25) is 5.91 Å². The van der Waals surface area contributed by atoms with Gasteiger partial charge in [0.05, 0.1) is 23.7 Å². The third kappa shape index (κ3) is 10.3. The first-order valence-electron chi connectivity index (χ1n) is 14.9. The number of carbonyl (C=O) groups is 2. The Labute approximate surface area is 241 Å². The molecule has 1 unspecified atom stereocenters. The minimum absolute atomic E-state index is 0.0544. The molecule has 1 fully saturated rings. The van der Waals surface area contributed by atoms with Gasteiger partial charge in [-0.15, -0.1) is 0 Å². The highest BCUT2D eigenvalue weighted by molar-refractivity contribution is 5.96. The summed E-state index contributed by atoms with van der Waals surface area (Å²) in [4.78, 5) is 28.4. The predicted octanol–water partition coefficient (Wildman–Crippen LogP) is 3.20. The zero-order valence-corrected chi connectivity index (χ0v) is 25.6. The molecular weight excluding hydrogens is 508 g/mol. The third-order valence-electron chi connectivity index (χ3n) is 8.33. The van der Waals surface area contributed by atoms with E-state index in [2.05, 4.69) is 36.4 Å². The number of aliphatic hydroxyl groups excluding tert-OH is 1. The highest BCUT2D eigenvalue weighted by atomic mass is 16.5. The van der Waals surface area contributed by atoms with Crippen LogP contribution in [0.15, 0.2) is 24.3 Å². The summed E-state index contributed by atoms with van der Waals surface area (Å²) in [5, 5.41) is 16.8. The van der Waals surface area contributed by atoms with Crippen molar-refractivity contribution in [3.8, 4) is 5.75 Å². The number of nitrogens with one attached hydrogen (secondary N) is 2. The number of hydrogen-bond acceptors (Lipinski definition) is 7. The predicted molar refractivity (Wildman–Crippen MR) is 159 cm³/mol. The fourth-order valence-electron chi connectivity index (χ4n) is 5.44. The molecule has 1 aliphatic rings. The number of nitrogens with zero attached hydrogens (tertiary/aromatic N) is 1. The summed E-state index contributed by atoms with van der Waals surface area (Å²) >= 11 is 0. The Kier molecular flexibility index (Phi) is 14.4. The van der Waals surface area contributed by atoms with Gasteiger partial charge >= 0.3 is 0 Å². The Morgan fingerprint density at radius 3 is 2.50 bits per heavy atom. The van der Waals surface area contributed by atoms with Crippen LogP contribution in [0.25, 0.3) is 0 Å². The number of para-hydroxylation sites is 1. The number of ether oxygens (including phenoxy) is 2. The molecule has 40 heavy (non-hydrogen) atoms. The summed E-state index contributed by atoms with van der Waals surface area (Å²) in [7, 11) is 3.75. The molecular formula is C31H54N4O5. The van der Waals surface area contributed by atoms with E-state index < -0.39 is 17.6 Å². The van der Waals surface area contributed by atoms with Crippen molar-refractivity contribution in [3.63, 3.8) is 0 Å². The second-order valence-corrected chi connectivity index (χ2v) is 12.1. The van der Waals surface area contributed by atoms with E-state index in [1.807, 2.05) is 26.0 Å². The number of benzene rings is 1. The lowest BCUT2D eigenvalue weighted by molar-refractivity contribution is -0.134. The molecule has 1 heterocycles. The van der Waals surface area contributed by atoms with Crippen molar-refractivity contribution in [2.24, 2.45) is 23.0 Å². The van der Waals surface area contributed by atoms with E-state index in [9.17, 15) is 14.7 Å². The fourth-order valence-corrected chi connectivity index (χ4v) is 5.44. The molecule has 1 saturated heterocycles. The van der Waals surface area contributed by atoms with Gasteiger partial charge in [0, 0.05) is 38.9 Å². The molecule has 1 aliphatic heterocycles. The van der Waals surface area contributed by atoms with E-state index in [1.165, 1.54) is 0 Å². The number of aliphatic hydroxyl groups is 1. The summed E-state index contributed by atoms with van der Waals surface area (Å²) < 4.78 is 10.9. The normalized spacial score (nSPS) is 18.7. The summed E-state index contributed by atoms with van der Waals surface area (Å²) in [5.41, 5.74) is 6.33. The summed E-state index contributed by atoms with van der Waals surface area (Å²) in [6.07, 6.45) is 4.65. The highest BCUT2D eigenvalue weighted by Crippen LogP contribution is 2.31. The Morgan fingerprint density at radius 2 is 1.82 bits per heavy atom. The van der Waals surface area contributed by atoms with Crippen LogP contribution in [0.3, 0.4) is 0 Å². The Hall–Kier alpha value is -2.20.